The van der Waals surface area contributed by atoms with Gasteiger partial charge in [0.15, 0.2) is 6.10 Å². The molecule has 0 saturated carbocycles. The number of amides is 2. The maximum Gasteiger partial charge on any atom is 0.312 e. The molecule has 0 radical (unpaired) electrons. The lowest BCUT2D eigenvalue weighted by Gasteiger charge is -2.18. The van der Waals surface area contributed by atoms with Crippen molar-refractivity contribution in [3.63, 3.8) is 0 Å². The fraction of sp³-hybridized carbons (Fsp3) is 0.348. The van der Waals surface area contributed by atoms with Gasteiger partial charge in [0, 0.05) is 24.4 Å². The summed E-state index contributed by atoms with van der Waals surface area (Å²) in [6.07, 6.45) is 1.84. The minimum Gasteiger partial charge on any atom is -0.452 e. The number of benzene rings is 2. The second-order valence-electron chi connectivity index (χ2n) is 7.25. The number of thioether (sulfide) groups is 1. The third-order valence-corrected chi connectivity index (χ3v) is 5.88. The molecule has 6 nitrogen and oxygen atoms in total. The SMILES string of the molecule is CSc1ccccc1NC(=O)[C@H](C)OC(=O)[C@H]1CC(=O)N(CCc2ccccc2)C1. The van der Waals surface area contributed by atoms with Crippen LogP contribution in [0.3, 0.4) is 0 Å². The van der Waals surface area contributed by atoms with Crippen LogP contribution >= 0.6 is 11.8 Å². The van der Waals surface area contributed by atoms with Crippen molar-refractivity contribution in [1.29, 1.82) is 0 Å². The van der Waals surface area contributed by atoms with E-state index in [0.717, 1.165) is 16.9 Å². The van der Waals surface area contributed by atoms with E-state index in [2.05, 4.69) is 5.32 Å². The van der Waals surface area contributed by atoms with Crippen LogP contribution in [-0.4, -0.2) is 48.1 Å². The van der Waals surface area contributed by atoms with Gasteiger partial charge < -0.3 is 15.0 Å². The average molecular weight is 427 g/mol. The van der Waals surface area contributed by atoms with Crippen molar-refractivity contribution in [1.82, 2.24) is 4.90 Å². The molecular formula is C23H26N2O4S. The number of nitrogens with zero attached hydrogens (tertiary/aromatic N) is 1. The van der Waals surface area contributed by atoms with Crippen LogP contribution < -0.4 is 5.32 Å². The van der Waals surface area contributed by atoms with Gasteiger partial charge in [0.05, 0.1) is 11.6 Å². The normalized spacial score (nSPS) is 16.9. The number of nitrogens with one attached hydrogen (secondary N) is 1. The molecule has 0 unspecified atom stereocenters. The van der Waals surface area contributed by atoms with E-state index >= 15 is 0 Å². The molecule has 1 aliphatic rings. The highest BCUT2D eigenvalue weighted by Crippen LogP contribution is 2.25. The van der Waals surface area contributed by atoms with Crippen LogP contribution in [-0.2, 0) is 25.5 Å². The quantitative estimate of drug-likeness (QED) is 0.517. The van der Waals surface area contributed by atoms with Gasteiger partial charge in [-0.05, 0) is 37.3 Å². The van der Waals surface area contributed by atoms with Crippen LogP contribution in [0.4, 0.5) is 5.69 Å². The number of anilines is 1. The molecular weight excluding hydrogens is 400 g/mol. The first-order chi connectivity index (χ1) is 14.5. The summed E-state index contributed by atoms with van der Waals surface area (Å²) in [5.41, 5.74) is 1.83. The van der Waals surface area contributed by atoms with Crippen LogP contribution in [0.15, 0.2) is 59.5 Å². The Bertz CT molecular complexity index is 903. The maximum atomic E-state index is 12.5. The Morgan fingerprint density at radius 3 is 2.60 bits per heavy atom. The molecule has 158 valence electrons. The maximum absolute atomic E-state index is 12.5. The van der Waals surface area contributed by atoms with Gasteiger partial charge in [-0.3, -0.25) is 14.4 Å². The van der Waals surface area contributed by atoms with Crippen LogP contribution in [0.5, 0.6) is 0 Å². The van der Waals surface area contributed by atoms with Gasteiger partial charge in [-0.2, -0.15) is 0 Å². The molecule has 7 heteroatoms. The predicted molar refractivity (Wildman–Crippen MR) is 117 cm³/mol. The Labute approximate surface area is 181 Å². The molecule has 0 aliphatic carbocycles. The van der Waals surface area contributed by atoms with Crippen LogP contribution in [0, 0.1) is 5.92 Å². The molecule has 3 rings (SSSR count). The number of carbonyl (C=O) groups excluding carboxylic acids is 3. The standard InChI is InChI=1S/C23H26N2O4S/c1-16(22(27)24-19-10-6-7-11-20(19)30-2)29-23(28)18-14-21(26)25(15-18)13-12-17-8-4-3-5-9-17/h3-11,16,18H,12-15H2,1-2H3,(H,24,27)/t16-,18-/m0/s1. The van der Waals surface area contributed by atoms with Crippen molar-refractivity contribution in [3.05, 3.63) is 60.2 Å². The second kappa shape index (κ2) is 10.3. The lowest BCUT2D eigenvalue weighted by molar-refractivity contribution is -0.157. The van der Waals surface area contributed by atoms with Gasteiger partial charge in [0.2, 0.25) is 5.91 Å². The molecule has 1 heterocycles. The number of rotatable bonds is 8. The molecule has 0 aromatic heterocycles. The average Bonchev–Trinajstić information content (AvgIpc) is 3.14. The first kappa shape index (κ1) is 21.9. The van der Waals surface area contributed by atoms with E-state index in [4.69, 9.17) is 4.74 Å². The van der Waals surface area contributed by atoms with Gasteiger partial charge in [-0.25, -0.2) is 0 Å². The Morgan fingerprint density at radius 2 is 1.87 bits per heavy atom. The topological polar surface area (TPSA) is 75.7 Å². The number of hydrogen-bond donors (Lipinski definition) is 1. The van der Waals surface area contributed by atoms with Gasteiger partial charge in [0.25, 0.3) is 5.91 Å². The van der Waals surface area contributed by atoms with Crippen molar-refractivity contribution in [2.24, 2.45) is 5.92 Å². The van der Waals surface area contributed by atoms with E-state index in [1.165, 1.54) is 11.8 Å². The fourth-order valence-corrected chi connectivity index (χ4v) is 3.91. The zero-order chi connectivity index (χ0) is 21.5. The molecule has 0 spiro atoms. The highest BCUT2D eigenvalue weighted by Gasteiger charge is 2.36. The first-order valence-electron chi connectivity index (χ1n) is 9.94. The van der Waals surface area contributed by atoms with E-state index in [0.29, 0.717) is 18.8 Å². The van der Waals surface area contributed by atoms with Crippen molar-refractivity contribution in [3.8, 4) is 0 Å². The number of para-hydroxylation sites is 1. The highest BCUT2D eigenvalue weighted by atomic mass is 32.2. The Morgan fingerprint density at radius 1 is 1.17 bits per heavy atom. The van der Waals surface area contributed by atoms with Gasteiger partial charge >= 0.3 is 5.97 Å². The van der Waals surface area contributed by atoms with Crippen molar-refractivity contribution in [2.45, 2.75) is 30.8 Å². The third kappa shape index (κ3) is 5.63. The molecule has 30 heavy (non-hydrogen) atoms. The third-order valence-electron chi connectivity index (χ3n) is 5.09. The summed E-state index contributed by atoms with van der Waals surface area (Å²) >= 11 is 1.52. The fourth-order valence-electron chi connectivity index (χ4n) is 3.36. The predicted octanol–water partition coefficient (Wildman–Crippen LogP) is 3.37. The number of ether oxygens (including phenoxy) is 1. The molecule has 1 saturated heterocycles. The minimum atomic E-state index is -0.944. The molecule has 2 amide bonds. The molecule has 2 aromatic carbocycles. The summed E-state index contributed by atoms with van der Waals surface area (Å²) < 4.78 is 5.36. The largest absolute Gasteiger partial charge is 0.452 e. The van der Waals surface area contributed by atoms with Crippen molar-refractivity contribution >= 4 is 35.2 Å². The molecule has 2 aromatic rings. The number of esters is 1. The monoisotopic (exact) mass is 426 g/mol. The smallest absolute Gasteiger partial charge is 0.312 e. The van der Waals surface area contributed by atoms with E-state index < -0.39 is 23.9 Å². The molecule has 1 aliphatic heterocycles. The minimum absolute atomic E-state index is 0.0566. The number of carbonyl (C=O) groups is 3. The lowest BCUT2D eigenvalue weighted by Crippen LogP contribution is -2.33. The summed E-state index contributed by atoms with van der Waals surface area (Å²) in [5.74, 6) is -1.50. The molecule has 2 atom stereocenters. The summed E-state index contributed by atoms with van der Waals surface area (Å²) in [6, 6.07) is 17.4. The zero-order valence-corrected chi connectivity index (χ0v) is 18.0. The Balaban J connectivity index is 1.50. The van der Waals surface area contributed by atoms with Crippen LogP contribution in [0.25, 0.3) is 0 Å². The molecule has 1 fully saturated rings. The lowest BCUT2D eigenvalue weighted by atomic mass is 10.1. The van der Waals surface area contributed by atoms with E-state index in [9.17, 15) is 14.4 Å². The van der Waals surface area contributed by atoms with Crippen molar-refractivity contribution < 1.29 is 19.1 Å². The Hall–Kier alpha value is -2.80. The molecule has 1 N–H and O–H groups in total. The summed E-state index contributed by atoms with van der Waals surface area (Å²) in [6.45, 7) is 2.43. The first-order valence-corrected chi connectivity index (χ1v) is 11.2. The summed E-state index contributed by atoms with van der Waals surface area (Å²) in [5, 5.41) is 2.80. The van der Waals surface area contributed by atoms with Crippen LogP contribution in [0.1, 0.15) is 18.9 Å². The second-order valence-corrected chi connectivity index (χ2v) is 8.09. The van der Waals surface area contributed by atoms with Gasteiger partial charge in [0.1, 0.15) is 0 Å². The number of hydrogen-bond acceptors (Lipinski definition) is 5. The molecule has 0 bridgehead atoms. The summed E-state index contributed by atoms with van der Waals surface area (Å²) in [4.78, 5) is 39.9. The van der Waals surface area contributed by atoms with E-state index in [1.807, 2.05) is 54.8 Å². The van der Waals surface area contributed by atoms with Gasteiger partial charge in [-0.15, -0.1) is 11.8 Å². The van der Waals surface area contributed by atoms with E-state index in [-0.39, 0.29) is 12.3 Å². The highest BCUT2D eigenvalue weighted by molar-refractivity contribution is 7.98. The van der Waals surface area contributed by atoms with Crippen molar-refractivity contribution in [2.75, 3.05) is 24.7 Å². The zero-order valence-electron chi connectivity index (χ0n) is 17.2. The Kier molecular flexibility index (Phi) is 7.52. The summed E-state index contributed by atoms with van der Waals surface area (Å²) in [7, 11) is 0. The van der Waals surface area contributed by atoms with Gasteiger partial charge in [-0.1, -0.05) is 42.5 Å². The van der Waals surface area contributed by atoms with E-state index in [1.54, 1.807) is 17.9 Å². The van der Waals surface area contributed by atoms with Crippen LogP contribution in [0.2, 0.25) is 0 Å². The number of likely N-dealkylation sites (tertiary alicyclic amines) is 1.